The number of halogens is 1. The third-order valence-electron chi connectivity index (χ3n) is 2.10. The van der Waals surface area contributed by atoms with E-state index < -0.39 is 6.04 Å². The zero-order valence-corrected chi connectivity index (χ0v) is 8.33. The lowest BCUT2D eigenvalue weighted by Crippen LogP contribution is -2.25. The SMILES string of the molecule is CC(C)C(=O)C(N)c1ccc(F)cc1. The summed E-state index contributed by atoms with van der Waals surface area (Å²) in [6, 6.07) is 5.06. The fourth-order valence-corrected chi connectivity index (χ4v) is 1.19. The van der Waals surface area contributed by atoms with Gasteiger partial charge in [0.1, 0.15) is 5.82 Å². The van der Waals surface area contributed by atoms with Gasteiger partial charge in [0, 0.05) is 5.92 Å². The Morgan fingerprint density at radius 3 is 2.21 bits per heavy atom. The molecule has 76 valence electrons. The fourth-order valence-electron chi connectivity index (χ4n) is 1.19. The normalized spacial score (nSPS) is 12.9. The van der Waals surface area contributed by atoms with Gasteiger partial charge < -0.3 is 5.73 Å². The number of hydrogen-bond donors (Lipinski definition) is 1. The first-order chi connectivity index (χ1) is 6.52. The molecule has 0 aliphatic rings. The van der Waals surface area contributed by atoms with E-state index >= 15 is 0 Å². The molecular formula is C11H14FNO. The molecule has 0 spiro atoms. The molecule has 0 amide bonds. The molecule has 1 aromatic carbocycles. The van der Waals surface area contributed by atoms with Gasteiger partial charge in [0.2, 0.25) is 0 Å². The van der Waals surface area contributed by atoms with Gasteiger partial charge in [-0.3, -0.25) is 4.79 Å². The molecule has 0 saturated heterocycles. The van der Waals surface area contributed by atoms with Crippen molar-refractivity contribution in [2.24, 2.45) is 11.7 Å². The van der Waals surface area contributed by atoms with Gasteiger partial charge in [0.25, 0.3) is 0 Å². The summed E-state index contributed by atoms with van der Waals surface area (Å²) in [5.74, 6) is -0.454. The van der Waals surface area contributed by atoms with E-state index in [1.165, 1.54) is 12.1 Å². The van der Waals surface area contributed by atoms with Crippen molar-refractivity contribution >= 4 is 5.78 Å². The minimum absolute atomic E-state index is 0.0309. The van der Waals surface area contributed by atoms with Crippen LogP contribution in [0.3, 0.4) is 0 Å². The summed E-state index contributed by atoms with van der Waals surface area (Å²) in [5.41, 5.74) is 6.38. The molecule has 2 N–H and O–H groups in total. The first kappa shape index (κ1) is 10.9. The molecule has 0 saturated carbocycles. The second kappa shape index (κ2) is 4.33. The molecule has 0 aromatic heterocycles. The third-order valence-corrected chi connectivity index (χ3v) is 2.10. The highest BCUT2D eigenvalue weighted by atomic mass is 19.1. The Morgan fingerprint density at radius 1 is 1.29 bits per heavy atom. The summed E-state index contributed by atoms with van der Waals surface area (Å²) in [4.78, 5) is 11.5. The van der Waals surface area contributed by atoms with Crippen LogP contribution in [0.15, 0.2) is 24.3 Å². The maximum absolute atomic E-state index is 12.6. The van der Waals surface area contributed by atoms with Gasteiger partial charge in [-0.05, 0) is 17.7 Å². The first-order valence-corrected chi connectivity index (χ1v) is 4.57. The summed E-state index contributed by atoms with van der Waals surface area (Å²) in [5, 5.41) is 0. The second-order valence-corrected chi connectivity index (χ2v) is 3.59. The molecule has 0 aliphatic heterocycles. The largest absolute Gasteiger partial charge is 0.318 e. The summed E-state index contributed by atoms with van der Waals surface area (Å²) >= 11 is 0. The van der Waals surface area contributed by atoms with Crippen molar-refractivity contribution in [2.45, 2.75) is 19.9 Å². The van der Waals surface area contributed by atoms with Gasteiger partial charge in [0.05, 0.1) is 6.04 Å². The van der Waals surface area contributed by atoms with Gasteiger partial charge in [-0.15, -0.1) is 0 Å². The van der Waals surface area contributed by atoms with Gasteiger partial charge in [-0.2, -0.15) is 0 Å². The van der Waals surface area contributed by atoms with Crippen molar-refractivity contribution in [1.29, 1.82) is 0 Å². The van der Waals surface area contributed by atoms with Crippen LogP contribution in [-0.4, -0.2) is 5.78 Å². The van der Waals surface area contributed by atoms with E-state index in [2.05, 4.69) is 0 Å². The highest BCUT2D eigenvalue weighted by Gasteiger charge is 2.18. The van der Waals surface area contributed by atoms with Crippen LogP contribution in [0.2, 0.25) is 0 Å². The van der Waals surface area contributed by atoms with E-state index in [1.807, 2.05) is 0 Å². The van der Waals surface area contributed by atoms with Gasteiger partial charge in [0.15, 0.2) is 5.78 Å². The summed E-state index contributed by atoms with van der Waals surface area (Å²) in [6.07, 6.45) is 0. The Kier molecular flexibility index (Phi) is 3.36. The number of carbonyl (C=O) groups excluding carboxylic acids is 1. The van der Waals surface area contributed by atoms with E-state index in [-0.39, 0.29) is 17.5 Å². The molecule has 1 atom stereocenters. The summed E-state index contributed by atoms with van der Waals surface area (Å²) < 4.78 is 12.6. The van der Waals surface area contributed by atoms with Crippen LogP contribution in [0, 0.1) is 11.7 Å². The third kappa shape index (κ3) is 2.39. The Morgan fingerprint density at radius 2 is 1.79 bits per heavy atom. The molecule has 1 aromatic rings. The number of ketones is 1. The van der Waals surface area contributed by atoms with E-state index in [0.29, 0.717) is 5.56 Å². The number of rotatable bonds is 3. The monoisotopic (exact) mass is 195 g/mol. The molecular weight excluding hydrogens is 181 g/mol. The lowest BCUT2D eigenvalue weighted by molar-refractivity contribution is -0.123. The Balaban J connectivity index is 2.84. The van der Waals surface area contributed by atoms with Crippen LogP contribution < -0.4 is 5.73 Å². The lowest BCUT2D eigenvalue weighted by atomic mass is 9.96. The van der Waals surface area contributed by atoms with Crippen LogP contribution in [0.1, 0.15) is 25.5 Å². The predicted molar refractivity (Wildman–Crippen MR) is 53.2 cm³/mol. The van der Waals surface area contributed by atoms with Crippen molar-refractivity contribution in [1.82, 2.24) is 0 Å². The topological polar surface area (TPSA) is 43.1 Å². The first-order valence-electron chi connectivity index (χ1n) is 4.57. The molecule has 14 heavy (non-hydrogen) atoms. The van der Waals surface area contributed by atoms with Crippen LogP contribution >= 0.6 is 0 Å². The second-order valence-electron chi connectivity index (χ2n) is 3.59. The zero-order chi connectivity index (χ0) is 10.7. The van der Waals surface area contributed by atoms with Crippen LogP contribution in [0.25, 0.3) is 0 Å². The van der Waals surface area contributed by atoms with Crippen molar-refractivity contribution in [3.63, 3.8) is 0 Å². The Labute approximate surface area is 82.9 Å². The van der Waals surface area contributed by atoms with Gasteiger partial charge in [-0.25, -0.2) is 4.39 Å². The number of Topliss-reactive ketones (excluding diaryl/α,β-unsaturated/α-hetero) is 1. The van der Waals surface area contributed by atoms with Crippen LogP contribution in [0.4, 0.5) is 4.39 Å². The standard InChI is InChI=1S/C11H14FNO/c1-7(2)11(14)10(13)8-3-5-9(12)6-4-8/h3-7,10H,13H2,1-2H3. The van der Waals surface area contributed by atoms with E-state index in [9.17, 15) is 9.18 Å². The molecule has 0 fully saturated rings. The Hall–Kier alpha value is -1.22. The quantitative estimate of drug-likeness (QED) is 0.802. The highest BCUT2D eigenvalue weighted by Crippen LogP contribution is 2.15. The number of nitrogens with two attached hydrogens (primary N) is 1. The van der Waals surface area contributed by atoms with E-state index in [1.54, 1.807) is 26.0 Å². The molecule has 1 rings (SSSR count). The average Bonchev–Trinajstić information content (AvgIpc) is 2.16. The smallest absolute Gasteiger partial charge is 0.156 e. The number of benzene rings is 1. The molecule has 0 bridgehead atoms. The van der Waals surface area contributed by atoms with Crippen molar-refractivity contribution in [3.8, 4) is 0 Å². The minimum atomic E-state index is -0.643. The Bertz CT molecular complexity index is 319. The molecule has 3 heteroatoms. The van der Waals surface area contributed by atoms with Crippen LogP contribution in [0.5, 0.6) is 0 Å². The molecule has 0 heterocycles. The minimum Gasteiger partial charge on any atom is -0.318 e. The highest BCUT2D eigenvalue weighted by molar-refractivity contribution is 5.86. The summed E-state index contributed by atoms with van der Waals surface area (Å²) in [7, 11) is 0. The predicted octanol–water partition coefficient (Wildman–Crippen LogP) is 2.05. The average molecular weight is 195 g/mol. The summed E-state index contributed by atoms with van der Waals surface area (Å²) in [6.45, 7) is 3.59. The molecule has 0 aliphatic carbocycles. The van der Waals surface area contributed by atoms with Crippen molar-refractivity contribution < 1.29 is 9.18 Å². The number of carbonyl (C=O) groups is 1. The van der Waals surface area contributed by atoms with Crippen molar-refractivity contribution in [3.05, 3.63) is 35.6 Å². The fraction of sp³-hybridized carbons (Fsp3) is 0.364. The molecule has 1 unspecified atom stereocenters. The van der Waals surface area contributed by atoms with Crippen molar-refractivity contribution in [2.75, 3.05) is 0 Å². The maximum Gasteiger partial charge on any atom is 0.156 e. The lowest BCUT2D eigenvalue weighted by Gasteiger charge is -2.12. The maximum atomic E-state index is 12.6. The van der Waals surface area contributed by atoms with E-state index in [4.69, 9.17) is 5.73 Å². The van der Waals surface area contributed by atoms with Gasteiger partial charge >= 0.3 is 0 Å². The van der Waals surface area contributed by atoms with Gasteiger partial charge in [-0.1, -0.05) is 26.0 Å². The van der Waals surface area contributed by atoms with E-state index in [0.717, 1.165) is 0 Å². The molecule has 2 nitrogen and oxygen atoms in total. The zero-order valence-electron chi connectivity index (χ0n) is 8.33. The number of hydrogen-bond acceptors (Lipinski definition) is 2. The molecule has 0 radical (unpaired) electrons. The van der Waals surface area contributed by atoms with Crippen LogP contribution in [-0.2, 0) is 4.79 Å².